The Morgan fingerprint density at radius 2 is 0.783 bits per heavy atom. The fraction of sp³-hybridized carbons (Fsp3) is 0.143. The van der Waals surface area contributed by atoms with E-state index in [9.17, 15) is 5.21 Å². The predicted molar refractivity (Wildman–Crippen MR) is 222 cm³/mol. The molecule has 0 aliphatic heterocycles. The quantitative estimate of drug-likeness (QED) is 0.0970. The lowest BCUT2D eigenvalue weighted by Gasteiger charge is -2.06. The third-order valence-electron chi connectivity index (χ3n) is 8.37. The zero-order valence-corrected chi connectivity index (χ0v) is 35.1. The molecule has 5 heterocycles. The Morgan fingerprint density at radius 1 is 0.400 bits per heavy atom. The first-order chi connectivity index (χ1) is 28.5. The molecule has 0 bridgehead atoms. The zero-order chi connectivity index (χ0) is 43.4. The summed E-state index contributed by atoms with van der Waals surface area (Å²) in [7, 11) is 0. The summed E-state index contributed by atoms with van der Waals surface area (Å²) in [6, 6.07) is 20.3. The highest BCUT2D eigenvalue weighted by Gasteiger charge is 2.11. The average Bonchev–Trinajstić information content (AvgIpc) is 4.04. The summed E-state index contributed by atoms with van der Waals surface area (Å²) < 4.78 is 0. The number of aryl methyl sites for hydroxylation is 2. The van der Waals surface area contributed by atoms with Gasteiger partial charge in [-0.2, -0.15) is 0 Å². The molecule has 10 rings (SSSR count). The molecule has 25 heteroatoms. The number of aromatic nitrogens is 15. The van der Waals surface area contributed by atoms with Crippen molar-refractivity contribution in [2.45, 2.75) is 33.6 Å². The van der Waals surface area contributed by atoms with E-state index in [4.69, 9.17) is 78.8 Å². The molecule has 20 nitrogen and oxygen atoms in total. The third kappa shape index (κ3) is 9.70. The number of rotatable bonds is 1. The van der Waals surface area contributed by atoms with Gasteiger partial charge in [-0.3, -0.25) is 0 Å². The standard InChI is InChI=1S/C9H10ClN3O.2C7H6ClN3O.2C6H4ClN3O/c1-5(2)6-3-8-9(4-7(6)10)13(14)12-11-8;1-4-2-7-6(3-5(4)8)9-10-11(7)12;1-4-2-6-7(3-5(4)8)11(12)10-9-6;7-4-1-2-6-5(3-4)8-9-10(6)11;7-4-1-2-5-6(3-4)10(11)9-8-5/h3-5,14H,1-2H3;2*2-3,12H,1H3;2*1-3,11H. The van der Waals surface area contributed by atoms with E-state index in [1.807, 2.05) is 19.9 Å². The lowest BCUT2D eigenvalue weighted by molar-refractivity contribution is 0.154. The molecule has 5 N–H and O–H groups in total. The minimum atomic E-state index is 0.329. The monoisotopic (exact) mass is 915 g/mol. The van der Waals surface area contributed by atoms with Crippen molar-refractivity contribution in [3.05, 3.63) is 115 Å². The molecule has 5 aromatic heterocycles. The highest BCUT2D eigenvalue weighted by Crippen LogP contribution is 2.28. The number of hydrogen-bond acceptors (Lipinski definition) is 15. The van der Waals surface area contributed by atoms with E-state index in [1.165, 1.54) is 0 Å². The van der Waals surface area contributed by atoms with Crippen LogP contribution < -0.4 is 0 Å². The van der Waals surface area contributed by atoms with E-state index in [1.54, 1.807) is 66.7 Å². The van der Waals surface area contributed by atoms with Crippen LogP contribution >= 0.6 is 58.0 Å². The first-order valence-corrected chi connectivity index (χ1v) is 19.0. The van der Waals surface area contributed by atoms with Crippen LogP contribution in [0.3, 0.4) is 0 Å². The fourth-order valence-electron chi connectivity index (χ4n) is 5.22. The molecule has 0 fully saturated rings. The summed E-state index contributed by atoms with van der Waals surface area (Å²) in [5, 5.41) is 84.2. The first-order valence-electron chi connectivity index (χ1n) is 17.1. The Labute approximate surface area is 361 Å². The van der Waals surface area contributed by atoms with E-state index >= 15 is 0 Å². The van der Waals surface area contributed by atoms with Crippen LogP contribution in [-0.4, -0.2) is 102 Å². The summed E-state index contributed by atoms with van der Waals surface area (Å²) in [6.45, 7) is 7.83. The van der Waals surface area contributed by atoms with Crippen molar-refractivity contribution in [2.75, 3.05) is 0 Å². The third-order valence-corrected chi connectivity index (χ3v) is 9.98. The molecule has 0 aliphatic carbocycles. The minimum absolute atomic E-state index is 0.329. The lowest BCUT2D eigenvalue weighted by Crippen LogP contribution is -1.93. The van der Waals surface area contributed by atoms with Gasteiger partial charge in [0.15, 0.2) is 0 Å². The largest absolute Gasteiger partial charge is 0.410 e. The van der Waals surface area contributed by atoms with Gasteiger partial charge < -0.3 is 26.0 Å². The smallest absolute Gasteiger partial charge is 0.132 e. The van der Waals surface area contributed by atoms with Gasteiger partial charge in [0.1, 0.15) is 55.2 Å². The van der Waals surface area contributed by atoms with Crippen LogP contribution in [0.25, 0.3) is 55.2 Å². The van der Waals surface area contributed by atoms with Crippen molar-refractivity contribution in [3.63, 3.8) is 0 Å². The Kier molecular flexibility index (Phi) is 13.1. The number of halogens is 5. The maximum atomic E-state index is 9.25. The zero-order valence-electron chi connectivity index (χ0n) is 31.3. The summed E-state index contributed by atoms with van der Waals surface area (Å²) in [6.07, 6.45) is 0. The SMILES string of the molecule is CC(C)c1cc2nnn(O)c2cc1Cl.Cc1cc2c(cc1Cl)nnn2O.Cc1cc2nnn(O)c2cc1Cl.On1nnc2cc(Cl)ccc21.On1nnc2ccc(Cl)cc21. The van der Waals surface area contributed by atoms with Crippen molar-refractivity contribution in [2.24, 2.45) is 0 Å². The van der Waals surface area contributed by atoms with E-state index in [0.29, 0.717) is 101 Å². The molecule has 60 heavy (non-hydrogen) atoms. The van der Waals surface area contributed by atoms with Crippen LogP contribution in [0.2, 0.25) is 25.1 Å². The second-order valence-electron chi connectivity index (χ2n) is 12.9. The summed E-state index contributed by atoms with van der Waals surface area (Å²) >= 11 is 29.1. The molecular weight excluding hydrogens is 888 g/mol. The molecule has 0 saturated carbocycles. The van der Waals surface area contributed by atoms with Crippen molar-refractivity contribution in [1.82, 2.24) is 75.8 Å². The molecule has 0 spiro atoms. The van der Waals surface area contributed by atoms with Crippen LogP contribution in [-0.2, 0) is 0 Å². The maximum Gasteiger partial charge on any atom is 0.132 e. The van der Waals surface area contributed by atoms with Gasteiger partial charge in [0.25, 0.3) is 0 Å². The highest BCUT2D eigenvalue weighted by molar-refractivity contribution is 6.33. The van der Waals surface area contributed by atoms with Gasteiger partial charge in [-0.25, -0.2) is 0 Å². The number of nitrogens with zero attached hydrogens (tertiary/aromatic N) is 15. The van der Waals surface area contributed by atoms with Crippen molar-refractivity contribution >= 4 is 113 Å². The Bertz CT molecular complexity index is 3020. The van der Waals surface area contributed by atoms with Crippen LogP contribution in [0.1, 0.15) is 36.5 Å². The number of benzene rings is 5. The predicted octanol–water partition coefficient (Wildman–Crippen LogP) is 8.35. The lowest BCUT2D eigenvalue weighted by atomic mass is 10.0. The average molecular weight is 918 g/mol. The summed E-state index contributed by atoms with van der Waals surface area (Å²) in [5.41, 5.74) is 8.59. The van der Waals surface area contributed by atoms with Gasteiger partial charge in [-0.15, -0.1) is 25.5 Å². The Hall–Kier alpha value is -6.45. The normalized spacial score (nSPS) is 10.9. The van der Waals surface area contributed by atoms with Crippen molar-refractivity contribution in [3.8, 4) is 0 Å². The molecule has 5 aromatic carbocycles. The Balaban J connectivity index is 0.000000126. The molecule has 0 radical (unpaired) electrons. The maximum absolute atomic E-state index is 9.25. The molecule has 0 amide bonds. The summed E-state index contributed by atoms with van der Waals surface area (Å²) in [5.74, 6) is 0.329. The van der Waals surface area contributed by atoms with E-state index in [0.717, 1.165) is 26.4 Å². The molecule has 0 atom stereocenters. The topological polar surface area (TPSA) is 255 Å². The van der Waals surface area contributed by atoms with Crippen molar-refractivity contribution in [1.29, 1.82) is 0 Å². The van der Waals surface area contributed by atoms with Gasteiger partial charge in [-0.1, -0.05) is 96.1 Å². The van der Waals surface area contributed by atoms with E-state index < -0.39 is 0 Å². The molecule has 10 aromatic rings. The van der Waals surface area contributed by atoms with Gasteiger partial charge in [0.05, 0.1) is 0 Å². The Morgan fingerprint density at radius 3 is 1.35 bits per heavy atom. The molecule has 0 aliphatic rings. The van der Waals surface area contributed by atoms with Gasteiger partial charge in [0.2, 0.25) is 0 Å². The van der Waals surface area contributed by atoms with Crippen LogP contribution in [0.15, 0.2) is 72.8 Å². The molecule has 310 valence electrons. The van der Waals surface area contributed by atoms with Crippen LogP contribution in [0.5, 0.6) is 0 Å². The van der Waals surface area contributed by atoms with E-state index in [-0.39, 0.29) is 0 Å². The molecular formula is C35H30Cl5N15O5. The first kappa shape index (κ1) is 43.1. The number of fused-ring (bicyclic) bond motifs is 5. The van der Waals surface area contributed by atoms with Gasteiger partial charge in [-0.05, 0) is 135 Å². The van der Waals surface area contributed by atoms with Gasteiger partial charge >= 0.3 is 0 Å². The second-order valence-corrected chi connectivity index (χ2v) is 15.0. The highest BCUT2D eigenvalue weighted by atomic mass is 35.5. The van der Waals surface area contributed by atoms with Crippen LogP contribution in [0, 0.1) is 13.8 Å². The fourth-order valence-corrected chi connectivity index (χ4v) is 6.25. The van der Waals surface area contributed by atoms with Gasteiger partial charge in [0, 0.05) is 25.1 Å². The van der Waals surface area contributed by atoms with Crippen LogP contribution in [0.4, 0.5) is 0 Å². The summed E-state index contributed by atoms with van der Waals surface area (Å²) in [4.78, 5) is 3.58. The minimum Gasteiger partial charge on any atom is -0.410 e. The number of hydrogen-bond donors (Lipinski definition) is 5. The van der Waals surface area contributed by atoms with E-state index in [2.05, 4.69) is 65.4 Å². The van der Waals surface area contributed by atoms with Crippen molar-refractivity contribution < 1.29 is 26.0 Å². The molecule has 0 saturated heterocycles. The molecule has 0 unspecified atom stereocenters. The second kappa shape index (κ2) is 18.2.